The maximum Gasteiger partial charge on any atom is 0.407 e. The molecule has 2 heterocycles. The standard InChI is InChI=1S/C35H34N2O7S/c1-2-17-42-35(41)37-20-24-5-3-6-28(18-24)25-12-14-27(15-13-25)34-43-29(22-45-32-30(33(39)40)7-4-16-36-32)19-31(44-34)26-10-8-23(21-38)9-11-26/h2-16,18,29,31,34,38H,1,17,19-22H2,(H,37,41)(H,39,40)/t29-,31+,34+/m0/s1. The largest absolute Gasteiger partial charge is 0.478 e. The van der Waals surface area contributed by atoms with Gasteiger partial charge in [-0.3, -0.25) is 0 Å². The summed E-state index contributed by atoms with van der Waals surface area (Å²) in [6.45, 7) is 3.98. The Balaban J connectivity index is 1.31. The van der Waals surface area contributed by atoms with Gasteiger partial charge in [0.25, 0.3) is 0 Å². The zero-order valence-corrected chi connectivity index (χ0v) is 25.3. The highest BCUT2D eigenvalue weighted by Gasteiger charge is 2.32. The second-order valence-electron chi connectivity index (χ2n) is 10.4. The van der Waals surface area contributed by atoms with Gasteiger partial charge in [-0.25, -0.2) is 14.6 Å². The normalized spacial score (nSPS) is 17.8. The number of pyridine rings is 1. The third-order valence-electron chi connectivity index (χ3n) is 7.23. The van der Waals surface area contributed by atoms with Gasteiger partial charge in [-0.2, -0.15) is 0 Å². The number of thioether (sulfide) groups is 1. The van der Waals surface area contributed by atoms with Gasteiger partial charge in [0.1, 0.15) is 11.6 Å². The van der Waals surface area contributed by atoms with Crippen molar-refractivity contribution in [3.05, 3.63) is 132 Å². The lowest BCUT2D eigenvalue weighted by atomic mass is 9.99. The number of alkyl carbamates (subject to hydrolysis) is 1. The molecule has 5 rings (SSSR count). The van der Waals surface area contributed by atoms with E-state index in [0.29, 0.717) is 23.7 Å². The minimum absolute atomic E-state index is 0.0408. The number of hydrogen-bond donors (Lipinski definition) is 3. The quantitative estimate of drug-likeness (QED) is 0.116. The molecule has 0 spiro atoms. The van der Waals surface area contributed by atoms with Crippen LogP contribution in [-0.2, 0) is 27.4 Å². The number of hydrogen-bond acceptors (Lipinski definition) is 8. The number of rotatable bonds is 12. The van der Waals surface area contributed by atoms with Crippen molar-refractivity contribution in [3.63, 3.8) is 0 Å². The SMILES string of the molecule is C=CCOC(=O)NCc1cccc(-c2ccc([C@@H]3O[C@H](CSc4ncccc4C(=O)O)C[C@H](c4ccc(CO)cc4)O3)cc2)c1. The van der Waals surface area contributed by atoms with Crippen molar-refractivity contribution >= 4 is 23.8 Å². The van der Waals surface area contributed by atoms with Gasteiger partial charge < -0.3 is 29.7 Å². The van der Waals surface area contributed by atoms with Gasteiger partial charge in [0.05, 0.1) is 24.4 Å². The molecule has 1 aliphatic rings. The first-order valence-corrected chi connectivity index (χ1v) is 15.4. The van der Waals surface area contributed by atoms with Crippen LogP contribution in [0.3, 0.4) is 0 Å². The first-order valence-electron chi connectivity index (χ1n) is 14.5. The van der Waals surface area contributed by atoms with Crippen molar-refractivity contribution in [2.45, 2.75) is 43.1 Å². The van der Waals surface area contributed by atoms with Gasteiger partial charge >= 0.3 is 12.1 Å². The van der Waals surface area contributed by atoms with Crippen LogP contribution < -0.4 is 5.32 Å². The number of aliphatic hydroxyl groups is 1. The van der Waals surface area contributed by atoms with E-state index in [9.17, 15) is 19.8 Å². The molecular weight excluding hydrogens is 592 g/mol. The molecular formula is C35H34N2O7S. The van der Waals surface area contributed by atoms with E-state index in [1.165, 1.54) is 17.8 Å². The van der Waals surface area contributed by atoms with Crippen LogP contribution >= 0.6 is 11.8 Å². The molecule has 1 fully saturated rings. The summed E-state index contributed by atoms with van der Waals surface area (Å²) in [5.74, 6) is -0.534. The Morgan fingerprint density at radius 2 is 1.76 bits per heavy atom. The van der Waals surface area contributed by atoms with Crippen LogP contribution in [0.25, 0.3) is 11.1 Å². The van der Waals surface area contributed by atoms with E-state index in [-0.39, 0.29) is 31.0 Å². The second-order valence-corrected chi connectivity index (χ2v) is 11.4. The van der Waals surface area contributed by atoms with Gasteiger partial charge in [0.2, 0.25) is 0 Å². The van der Waals surface area contributed by atoms with Gasteiger partial charge in [-0.1, -0.05) is 79.4 Å². The fraction of sp³-hybridized carbons (Fsp3) is 0.229. The molecule has 1 amide bonds. The molecule has 10 heteroatoms. The maximum absolute atomic E-state index is 11.8. The molecule has 1 saturated heterocycles. The van der Waals surface area contributed by atoms with Crippen molar-refractivity contribution in [1.82, 2.24) is 10.3 Å². The number of carbonyl (C=O) groups excluding carboxylic acids is 1. The first kappa shape index (κ1) is 31.9. The first-order chi connectivity index (χ1) is 21.9. The average molecular weight is 627 g/mol. The molecule has 0 unspecified atom stereocenters. The van der Waals surface area contributed by atoms with Crippen molar-refractivity contribution in [2.24, 2.45) is 0 Å². The number of nitrogens with one attached hydrogen (secondary N) is 1. The third-order valence-corrected chi connectivity index (χ3v) is 8.37. The van der Waals surface area contributed by atoms with Gasteiger partial charge in [-0.05, 0) is 46.0 Å². The summed E-state index contributed by atoms with van der Waals surface area (Å²) in [6.07, 6.45) is 1.99. The summed E-state index contributed by atoms with van der Waals surface area (Å²) in [5.41, 5.74) is 5.70. The average Bonchev–Trinajstić information content (AvgIpc) is 3.09. The summed E-state index contributed by atoms with van der Waals surface area (Å²) in [4.78, 5) is 27.8. The molecule has 3 N–H and O–H groups in total. The number of carboxylic acid groups (broad SMARTS) is 1. The van der Waals surface area contributed by atoms with Crippen LogP contribution in [-0.4, -0.2) is 45.7 Å². The highest BCUT2D eigenvalue weighted by molar-refractivity contribution is 7.99. The Kier molecular flexibility index (Phi) is 11.0. The van der Waals surface area contributed by atoms with E-state index in [1.54, 1.807) is 18.3 Å². The van der Waals surface area contributed by atoms with Crippen LogP contribution in [0.2, 0.25) is 0 Å². The number of benzene rings is 3. The van der Waals surface area contributed by atoms with E-state index >= 15 is 0 Å². The van der Waals surface area contributed by atoms with Crippen LogP contribution in [0.4, 0.5) is 4.79 Å². The molecule has 4 aromatic rings. The van der Waals surface area contributed by atoms with Crippen molar-refractivity contribution in [2.75, 3.05) is 12.4 Å². The lowest BCUT2D eigenvalue weighted by molar-refractivity contribution is -0.245. The monoisotopic (exact) mass is 626 g/mol. The fourth-order valence-electron chi connectivity index (χ4n) is 4.92. The van der Waals surface area contributed by atoms with Crippen LogP contribution in [0, 0.1) is 0 Å². The zero-order chi connectivity index (χ0) is 31.6. The highest BCUT2D eigenvalue weighted by atomic mass is 32.2. The number of ether oxygens (including phenoxy) is 3. The van der Waals surface area contributed by atoms with Crippen molar-refractivity contribution in [1.29, 1.82) is 0 Å². The van der Waals surface area contributed by atoms with Gasteiger partial charge in [0, 0.05) is 30.5 Å². The molecule has 9 nitrogen and oxygen atoms in total. The number of carboxylic acids is 1. The molecule has 0 saturated carbocycles. The minimum Gasteiger partial charge on any atom is -0.478 e. The fourth-order valence-corrected chi connectivity index (χ4v) is 5.92. The zero-order valence-electron chi connectivity index (χ0n) is 24.5. The molecule has 45 heavy (non-hydrogen) atoms. The number of amides is 1. The van der Waals surface area contributed by atoms with Crippen molar-refractivity contribution < 1.29 is 34.0 Å². The Labute approximate surface area is 265 Å². The summed E-state index contributed by atoms with van der Waals surface area (Å²) in [6, 6.07) is 26.7. The van der Waals surface area contributed by atoms with Crippen LogP contribution in [0.15, 0.2) is 109 Å². The van der Waals surface area contributed by atoms with Gasteiger partial charge in [0.15, 0.2) is 6.29 Å². The third kappa shape index (κ3) is 8.58. The molecule has 0 bridgehead atoms. The lowest BCUT2D eigenvalue weighted by Gasteiger charge is -2.36. The van der Waals surface area contributed by atoms with Gasteiger partial charge in [-0.15, -0.1) is 11.8 Å². The summed E-state index contributed by atoms with van der Waals surface area (Å²) < 4.78 is 17.9. The number of aromatic carboxylic acids is 1. The van der Waals surface area contributed by atoms with E-state index in [2.05, 4.69) is 16.9 Å². The highest BCUT2D eigenvalue weighted by Crippen LogP contribution is 2.40. The van der Waals surface area contributed by atoms with E-state index in [4.69, 9.17) is 14.2 Å². The number of aliphatic hydroxyl groups excluding tert-OH is 1. The molecule has 232 valence electrons. The Morgan fingerprint density at radius 3 is 2.49 bits per heavy atom. The van der Waals surface area contributed by atoms with E-state index in [0.717, 1.165) is 33.4 Å². The molecule has 0 radical (unpaired) electrons. The van der Waals surface area contributed by atoms with E-state index in [1.807, 2.05) is 72.8 Å². The Morgan fingerprint density at radius 1 is 0.978 bits per heavy atom. The molecule has 0 aliphatic carbocycles. The summed E-state index contributed by atoms with van der Waals surface area (Å²) >= 11 is 1.35. The molecule has 1 aromatic heterocycles. The summed E-state index contributed by atoms with van der Waals surface area (Å²) in [5, 5.41) is 22.2. The maximum atomic E-state index is 11.8. The van der Waals surface area contributed by atoms with Crippen LogP contribution in [0.5, 0.6) is 0 Å². The smallest absolute Gasteiger partial charge is 0.407 e. The number of carbonyl (C=O) groups is 2. The second kappa shape index (κ2) is 15.5. The number of nitrogens with zero attached hydrogens (tertiary/aromatic N) is 1. The molecule has 3 aromatic carbocycles. The number of aromatic nitrogens is 1. The van der Waals surface area contributed by atoms with E-state index < -0.39 is 18.4 Å². The van der Waals surface area contributed by atoms with Crippen LogP contribution in [0.1, 0.15) is 51.4 Å². The molecule has 3 atom stereocenters. The summed E-state index contributed by atoms with van der Waals surface area (Å²) in [7, 11) is 0. The minimum atomic E-state index is -1.02. The topological polar surface area (TPSA) is 127 Å². The van der Waals surface area contributed by atoms with Crippen molar-refractivity contribution in [3.8, 4) is 11.1 Å². The Bertz CT molecular complexity index is 1610. The predicted octanol–water partition coefficient (Wildman–Crippen LogP) is 6.69. The predicted molar refractivity (Wildman–Crippen MR) is 171 cm³/mol. The molecule has 1 aliphatic heterocycles. The lowest BCUT2D eigenvalue weighted by Crippen LogP contribution is -2.31. The Hall–Kier alpha value is -4.48.